The number of anilines is 1. The number of rotatable bonds is 6. The Morgan fingerprint density at radius 2 is 1.97 bits per heavy atom. The summed E-state index contributed by atoms with van der Waals surface area (Å²) in [6.45, 7) is 0.219. The van der Waals surface area contributed by atoms with E-state index in [2.05, 4.69) is 20.4 Å². The molecule has 1 saturated carbocycles. The molecule has 2 aliphatic rings. The van der Waals surface area contributed by atoms with Gasteiger partial charge in [-0.1, -0.05) is 24.6 Å². The quantitative estimate of drug-likeness (QED) is 0.500. The summed E-state index contributed by atoms with van der Waals surface area (Å²) in [6, 6.07) is 10.5. The zero-order valence-electron chi connectivity index (χ0n) is 17.1. The van der Waals surface area contributed by atoms with E-state index in [1.807, 2.05) is 6.07 Å². The average Bonchev–Trinajstić information content (AvgIpc) is 3.21. The van der Waals surface area contributed by atoms with Gasteiger partial charge < -0.3 is 10.1 Å². The van der Waals surface area contributed by atoms with Crippen LogP contribution in [0.4, 0.5) is 5.95 Å². The molecule has 0 bridgehead atoms. The lowest BCUT2D eigenvalue weighted by Crippen LogP contribution is -2.63. The maximum atomic E-state index is 13.5. The van der Waals surface area contributed by atoms with Crippen molar-refractivity contribution in [3.05, 3.63) is 48.8 Å². The van der Waals surface area contributed by atoms with Gasteiger partial charge in [0.1, 0.15) is 11.8 Å². The minimum atomic E-state index is -3.77. The fourth-order valence-electron chi connectivity index (χ4n) is 4.10. The van der Waals surface area contributed by atoms with Crippen LogP contribution in [-0.4, -0.2) is 57.6 Å². The summed E-state index contributed by atoms with van der Waals surface area (Å²) in [5.74, 6) is 0.384. The van der Waals surface area contributed by atoms with Crippen molar-refractivity contribution in [3.8, 4) is 0 Å². The van der Waals surface area contributed by atoms with Gasteiger partial charge in [-0.2, -0.15) is 9.29 Å². The molecular weight excluding hydrogens is 416 g/mol. The molecule has 1 aromatic carbocycles. The van der Waals surface area contributed by atoms with Crippen molar-refractivity contribution >= 4 is 27.0 Å². The summed E-state index contributed by atoms with van der Waals surface area (Å²) in [6.07, 6.45) is 6.04. The van der Waals surface area contributed by atoms with Crippen molar-refractivity contribution < 1.29 is 13.5 Å². The Bertz CT molecular complexity index is 1150. The van der Waals surface area contributed by atoms with Gasteiger partial charge in [0.05, 0.1) is 11.0 Å². The van der Waals surface area contributed by atoms with E-state index in [-0.39, 0.29) is 23.9 Å². The number of aliphatic hydroxyl groups is 1. The van der Waals surface area contributed by atoms with Crippen LogP contribution in [0.1, 0.15) is 32.1 Å². The highest BCUT2D eigenvalue weighted by molar-refractivity contribution is 7.89. The van der Waals surface area contributed by atoms with E-state index < -0.39 is 22.3 Å². The first-order chi connectivity index (χ1) is 15.0. The minimum Gasteiger partial charge on any atom is -0.393 e. The number of hydrazine groups is 1. The van der Waals surface area contributed by atoms with Crippen LogP contribution in [0, 0.1) is 0 Å². The molecule has 0 spiro atoms. The zero-order valence-corrected chi connectivity index (χ0v) is 17.9. The van der Waals surface area contributed by atoms with E-state index in [4.69, 9.17) is 0 Å². The van der Waals surface area contributed by atoms with E-state index in [9.17, 15) is 13.5 Å². The second-order valence-electron chi connectivity index (χ2n) is 8.17. The number of nitrogens with zero attached hydrogens (tertiary/aromatic N) is 4. The number of benzene rings is 1. The van der Waals surface area contributed by atoms with Crippen LogP contribution in [0.15, 0.2) is 53.7 Å². The fourth-order valence-corrected chi connectivity index (χ4v) is 5.72. The molecule has 164 valence electrons. The summed E-state index contributed by atoms with van der Waals surface area (Å²) in [7, 11) is -3.77. The molecule has 1 saturated heterocycles. The predicted molar refractivity (Wildman–Crippen MR) is 117 cm³/mol. The molecule has 2 aromatic heterocycles. The van der Waals surface area contributed by atoms with Crippen LogP contribution in [0.2, 0.25) is 0 Å². The summed E-state index contributed by atoms with van der Waals surface area (Å²) in [5.41, 5.74) is 4.13. The minimum absolute atomic E-state index is 0.219. The van der Waals surface area contributed by atoms with Crippen molar-refractivity contribution in [2.24, 2.45) is 0 Å². The van der Waals surface area contributed by atoms with Gasteiger partial charge in [0.15, 0.2) is 0 Å². The lowest BCUT2D eigenvalue weighted by molar-refractivity contribution is 0.0720. The maximum absolute atomic E-state index is 13.5. The molecule has 3 aromatic rings. The van der Waals surface area contributed by atoms with Crippen molar-refractivity contribution in [1.29, 1.82) is 0 Å². The highest BCUT2D eigenvalue weighted by Gasteiger charge is 2.41. The average molecular weight is 443 g/mol. The van der Waals surface area contributed by atoms with Crippen molar-refractivity contribution in [2.45, 2.75) is 55.3 Å². The van der Waals surface area contributed by atoms with Crippen LogP contribution in [0.3, 0.4) is 0 Å². The number of piperidine rings is 1. The van der Waals surface area contributed by atoms with Crippen LogP contribution in [0.5, 0.6) is 0 Å². The van der Waals surface area contributed by atoms with Crippen LogP contribution in [0.25, 0.3) is 11.0 Å². The highest BCUT2D eigenvalue weighted by atomic mass is 32.2. The Labute approximate surface area is 181 Å². The summed E-state index contributed by atoms with van der Waals surface area (Å²) < 4.78 is 28.5. The molecule has 2 atom stereocenters. The predicted octanol–water partition coefficient (Wildman–Crippen LogP) is 1.99. The molecule has 3 heterocycles. The first kappa shape index (κ1) is 20.4. The second kappa shape index (κ2) is 8.19. The summed E-state index contributed by atoms with van der Waals surface area (Å²) >= 11 is 0. The van der Waals surface area contributed by atoms with Crippen LogP contribution < -0.4 is 10.4 Å². The van der Waals surface area contributed by atoms with Crippen LogP contribution in [-0.2, 0) is 10.0 Å². The van der Waals surface area contributed by atoms with Crippen molar-refractivity contribution in [1.82, 2.24) is 24.7 Å². The molecule has 2 unspecified atom stereocenters. The molecule has 3 N–H and O–H groups in total. The molecule has 10 heteroatoms. The normalized spacial score (nSPS) is 23.0. The van der Waals surface area contributed by atoms with E-state index in [1.54, 1.807) is 47.7 Å². The summed E-state index contributed by atoms with van der Waals surface area (Å²) in [4.78, 5) is 12.5. The van der Waals surface area contributed by atoms with Gasteiger partial charge in [-0.05, 0) is 37.5 Å². The highest BCUT2D eigenvalue weighted by Crippen LogP contribution is 2.30. The summed E-state index contributed by atoms with van der Waals surface area (Å²) in [5, 5.41) is 13.1. The lowest BCUT2D eigenvalue weighted by Gasteiger charge is -2.45. The number of hydrogen-bond acceptors (Lipinski definition) is 7. The molecule has 31 heavy (non-hydrogen) atoms. The number of H-pyrrole nitrogens is 1. The Balaban J connectivity index is 1.55. The van der Waals surface area contributed by atoms with E-state index in [0.717, 1.165) is 24.6 Å². The van der Waals surface area contributed by atoms with Gasteiger partial charge >= 0.3 is 0 Å². The second-order valence-corrected chi connectivity index (χ2v) is 10.1. The number of aliphatic hydroxyl groups excluding tert-OH is 1. The Morgan fingerprint density at radius 1 is 1.16 bits per heavy atom. The topological polar surface area (TPSA) is 114 Å². The molecule has 1 aliphatic heterocycles. The Hall–Kier alpha value is -2.53. The molecule has 0 amide bonds. The van der Waals surface area contributed by atoms with Crippen molar-refractivity contribution in [3.63, 3.8) is 0 Å². The smallest absolute Gasteiger partial charge is 0.244 e. The van der Waals surface area contributed by atoms with Crippen molar-refractivity contribution in [2.75, 3.05) is 11.6 Å². The number of sulfonamides is 1. The SMILES string of the molecule is O=S(=O)(c1ccccc1)N1CCC(O)CC1N(NC1CCC1)c1ncc2cc[nH]c2n1. The Kier molecular flexibility index (Phi) is 5.39. The molecule has 5 rings (SSSR count). The number of hydrogen-bond donors (Lipinski definition) is 3. The molecule has 2 fully saturated rings. The van der Waals surface area contributed by atoms with Crippen LogP contribution >= 0.6 is 0 Å². The van der Waals surface area contributed by atoms with Gasteiger partial charge in [-0.3, -0.25) is 5.01 Å². The first-order valence-corrected chi connectivity index (χ1v) is 12.1. The van der Waals surface area contributed by atoms with Gasteiger partial charge in [0.25, 0.3) is 0 Å². The third-order valence-electron chi connectivity index (χ3n) is 6.08. The van der Waals surface area contributed by atoms with Gasteiger partial charge in [-0.15, -0.1) is 0 Å². The van der Waals surface area contributed by atoms with E-state index in [1.165, 1.54) is 4.31 Å². The fraction of sp³-hybridized carbons (Fsp3) is 0.429. The number of aromatic nitrogens is 3. The maximum Gasteiger partial charge on any atom is 0.244 e. The largest absolute Gasteiger partial charge is 0.393 e. The molecule has 1 aliphatic carbocycles. The number of aromatic amines is 1. The third-order valence-corrected chi connectivity index (χ3v) is 7.99. The lowest BCUT2D eigenvalue weighted by atomic mass is 9.94. The van der Waals surface area contributed by atoms with Gasteiger partial charge in [0.2, 0.25) is 16.0 Å². The monoisotopic (exact) mass is 442 g/mol. The zero-order chi connectivity index (χ0) is 21.4. The number of nitrogens with one attached hydrogen (secondary N) is 2. The third kappa shape index (κ3) is 3.91. The number of fused-ring (bicyclic) bond motifs is 1. The van der Waals surface area contributed by atoms with E-state index >= 15 is 0 Å². The van der Waals surface area contributed by atoms with Gasteiger partial charge in [-0.25, -0.2) is 18.8 Å². The molecule has 9 nitrogen and oxygen atoms in total. The molecule has 0 radical (unpaired) electrons. The first-order valence-electron chi connectivity index (χ1n) is 10.6. The van der Waals surface area contributed by atoms with Gasteiger partial charge in [0, 0.05) is 36.8 Å². The van der Waals surface area contributed by atoms with E-state index in [0.29, 0.717) is 18.0 Å². The molecular formula is C21H26N6O3S. The Morgan fingerprint density at radius 3 is 2.71 bits per heavy atom. The standard InChI is InChI=1S/C21H26N6O3S/c28-17-10-12-26(31(29,30)18-7-2-1-3-8-18)19(13-17)27(25-16-5-4-6-16)21-23-14-15-9-11-22-20(15)24-21/h1-3,7-9,11,14,16-17,19,25,28H,4-6,10,12-13H2,(H,22,23,24).